The Morgan fingerprint density at radius 1 is 1.13 bits per heavy atom. The molecule has 2 aromatic carbocycles. The van der Waals surface area contributed by atoms with Gasteiger partial charge in [0, 0.05) is 38.4 Å². The van der Waals surface area contributed by atoms with Crippen molar-refractivity contribution in [1.29, 1.82) is 0 Å². The van der Waals surface area contributed by atoms with Gasteiger partial charge >= 0.3 is 0 Å². The standard InChI is InChI=1S/C22H26N6O2S/c1-17(29)25-18-8-6-11-20(14-18)28-16-24-26-22(28)31-15-21(30)23-12-7-13-27(2)19-9-4-3-5-10-19/h3-6,8-11,14,16H,7,12-13,15H2,1-2H3,(H,23,30)(H,25,29). The average molecular weight is 439 g/mol. The fraction of sp³-hybridized carbons (Fsp3) is 0.273. The van der Waals surface area contributed by atoms with E-state index in [-0.39, 0.29) is 17.6 Å². The number of nitrogens with zero attached hydrogens (tertiary/aromatic N) is 4. The zero-order valence-corrected chi connectivity index (χ0v) is 18.4. The molecule has 31 heavy (non-hydrogen) atoms. The van der Waals surface area contributed by atoms with Gasteiger partial charge in [-0.05, 0) is 36.8 Å². The monoisotopic (exact) mass is 438 g/mol. The van der Waals surface area contributed by atoms with Crippen LogP contribution in [0.15, 0.2) is 66.1 Å². The van der Waals surface area contributed by atoms with Gasteiger partial charge in [-0.2, -0.15) is 0 Å². The van der Waals surface area contributed by atoms with Crippen LogP contribution >= 0.6 is 11.8 Å². The smallest absolute Gasteiger partial charge is 0.230 e. The second kappa shape index (κ2) is 11.2. The molecule has 0 aliphatic heterocycles. The fourth-order valence-electron chi connectivity index (χ4n) is 2.97. The highest BCUT2D eigenvalue weighted by atomic mass is 32.2. The minimum atomic E-state index is -0.137. The van der Waals surface area contributed by atoms with E-state index in [1.54, 1.807) is 10.9 Å². The molecule has 3 rings (SSSR count). The Morgan fingerprint density at radius 3 is 2.71 bits per heavy atom. The van der Waals surface area contributed by atoms with Gasteiger partial charge in [-0.15, -0.1) is 10.2 Å². The maximum Gasteiger partial charge on any atom is 0.230 e. The number of carbonyl (C=O) groups excluding carboxylic acids is 2. The van der Waals surface area contributed by atoms with Crippen LogP contribution < -0.4 is 15.5 Å². The zero-order valence-electron chi connectivity index (χ0n) is 17.6. The van der Waals surface area contributed by atoms with Gasteiger partial charge in [0.15, 0.2) is 5.16 Å². The van der Waals surface area contributed by atoms with Crippen molar-refractivity contribution < 1.29 is 9.59 Å². The van der Waals surface area contributed by atoms with Crippen LogP contribution in [0.4, 0.5) is 11.4 Å². The molecule has 0 aliphatic rings. The molecule has 0 radical (unpaired) electrons. The molecule has 0 aliphatic carbocycles. The van der Waals surface area contributed by atoms with E-state index in [2.05, 4.69) is 37.9 Å². The number of rotatable bonds is 10. The van der Waals surface area contributed by atoms with Gasteiger partial charge in [0.2, 0.25) is 11.8 Å². The van der Waals surface area contributed by atoms with Gasteiger partial charge in [-0.3, -0.25) is 14.2 Å². The molecule has 0 saturated carbocycles. The Hall–Kier alpha value is -3.33. The minimum absolute atomic E-state index is 0.0473. The van der Waals surface area contributed by atoms with Crippen LogP contribution in [0.25, 0.3) is 5.69 Å². The van der Waals surface area contributed by atoms with Crippen LogP contribution in [0.1, 0.15) is 13.3 Å². The number of benzene rings is 2. The van der Waals surface area contributed by atoms with E-state index in [0.29, 0.717) is 17.4 Å². The highest BCUT2D eigenvalue weighted by molar-refractivity contribution is 7.99. The number of para-hydroxylation sites is 1. The number of hydrogen-bond acceptors (Lipinski definition) is 6. The van der Waals surface area contributed by atoms with Gasteiger partial charge in [0.05, 0.1) is 11.4 Å². The van der Waals surface area contributed by atoms with Crippen molar-refractivity contribution in [3.8, 4) is 5.69 Å². The van der Waals surface area contributed by atoms with Crippen LogP contribution in [0.2, 0.25) is 0 Å². The van der Waals surface area contributed by atoms with E-state index in [4.69, 9.17) is 0 Å². The van der Waals surface area contributed by atoms with Crippen molar-refractivity contribution in [1.82, 2.24) is 20.1 Å². The summed E-state index contributed by atoms with van der Waals surface area (Å²) >= 11 is 1.32. The lowest BCUT2D eigenvalue weighted by atomic mass is 10.2. The number of hydrogen-bond donors (Lipinski definition) is 2. The summed E-state index contributed by atoms with van der Waals surface area (Å²) in [5.74, 6) is 0.0644. The quantitative estimate of drug-likeness (QED) is 0.374. The third-order valence-corrected chi connectivity index (χ3v) is 5.43. The van der Waals surface area contributed by atoms with Crippen LogP contribution in [0.3, 0.4) is 0 Å². The van der Waals surface area contributed by atoms with Gasteiger partial charge in [-0.25, -0.2) is 0 Å². The first kappa shape index (κ1) is 22.4. The molecular formula is C22H26N6O2S. The van der Waals surface area contributed by atoms with Crippen molar-refractivity contribution in [2.75, 3.05) is 36.1 Å². The van der Waals surface area contributed by atoms with E-state index < -0.39 is 0 Å². The summed E-state index contributed by atoms with van der Waals surface area (Å²) in [6.45, 7) is 2.93. The van der Waals surface area contributed by atoms with Crippen LogP contribution in [-0.2, 0) is 9.59 Å². The molecule has 0 saturated heterocycles. The lowest BCUT2D eigenvalue weighted by molar-refractivity contribution is -0.118. The molecule has 3 aromatic rings. The second-order valence-corrected chi connectivity index (χ2v) is 7.91. The number of thioether (sulfide) groups is 1. The van der Waals surface area contributed by atoms with Gasteiger partial charge in [-0.1, -0.05) is 36.0 Å². The summed E-state index contributed by atoms with van der Waals surface area (Å²) in [5.41, 5.74) is 2.65. The van der Waals surface area contributed by atoms with Crippen LogP contribution in [0.5, 0.6) is 0 Å². The maximum atomic E-state index is 12.2. The van der Waals surface area contributed by atoms with Crippen LogP contribution in [0, 0.1) is 0 Å². The van der Waals surface area contributed by atoms with Crippen molar-refractivity contribution in [2.45, 2.75) is 18.5 Å². The van der Waals surface area contributed by atoms with E-state index in [0.717, 1.165) is 24.3 Å². The maximum absolute atomic E-state index is 12.2. The number of carbonyl (C=O) groups is 2. The molecule has 0 atom stereocenters. The summed E-state index contributed by atoms with van der Waals surface area (Å²) in [7, 11) is 2.04. The molecule has 0 unspecified atom stereocenters. The van der Waals surface area contributed by atoms with Crippen molar-refractivity contribution in [3.05, 3.63) is 60.9 Å². The van der Waals surface area contributed by atoms with Gasteiger partial charge in [0.1, 0.15) is 6.33 Å². The molecule has 2 amide bonds. The van der Waals surface area contributed by atoms with E-state index in [9.17, 15) is 9.59 Å². The third-order valence-electron chi connectivity index (χ3n) is 4.48. The van der Waals surface area contributed by atoms with Crippen molar-refractivity contribution in [3.63, 3.8) is 0 Å². The Morgan fingerprint density at radius 2 is 1.94 bits per heavy atom. The lowest BCUT2D eigenvalue weighted by Gasteiger charge is -2.19. The molecule has 162 valence electrons. The molecule has 9 heteroatoms. The Bertz CT molecular complexity index is 1010. The SMILES string of the molecule is CC(=O)Nc1cccc(-n2cnnc2SCC(=O)NCCCN(C)c2ccccc2)c1. The first-order valence-electron chi connectivity index (χ1n) is 9.96. The third kappa shape index (κ3) is 6.85. The van der Waals surface area contributed by atoms with Gasteiger partial charge < -0.3 is 15.5 Å². The summed E-state index contributed by atoms with van der Waals surface area (Å²) in [6, 6.07) is 17.5. The topological polar surface area (TPSA) is 92.1 Å². The van der Waals surface area contributed by atoms with Crippen molar-refractivity contribution in [2.24, 2.45) is 0 Å². The molecule has 0 bridgehead atoms. The van der Waals surface area contributed by atoms with E-state index in [1.807, 2.05) is 49.5 Å². The zero-order chi connectivity index (χ0) is 22.1. The molecule has 2 N–H and O–H groups in total. The predicted molar refractivity (Wildman–Crippen MR) is 124 cm³/mol. The number of aromatic nitrogens is 3. The normalized spacial score (nSPS) is 10.5. The summed E-state index contributed by atoms with van der Waals surface area (Å²) in [4.78, 5) is 25.7. The average Bonchev–Trinajstić information content (AvgIpc) is 3.24. The summed E-state index contributed by atoms with van der Waals surface area (Å²) in [5, 5.41) is 14.4. The van der Waals surface area contributed by atoms with Crippen LogP contribution in [-0.4, -0.2) is 52.5 Å². The largest absolute Gasteiger partial charge is 0.375 e. The molecule has 1 heterocycles. The highest BCUT2D eigenvalue weighted by Crippen LogP contribution is 2.21. The Kier molecular flexibility index (Phi) is 8.05. The van der Waals surface area contributed by atoms with E-state index in [1.165, 1.54) is 18.7 Å². The fourth-order valence-corrected chi connectivity index (χ4v) is 3.73. The number of nitrogens with one attached hydrogen (secondary N) is 2. The highest BCUT2D eigenvalue weighted by Gasteiger charge is 2.11. The van der Waals surface area contributed by atoms with E-state index >= 15 is 0 Å². The summed E-state index contributed by atoms with van der Waals surface area (Å²) in [6.07, 6.45) is 2.44. The molecule has 0 spiro atoms. The second-order valence-electron chi connectivity index (χ2n) is 6.96. The van der Waals surface area contributed by atoms with Gasteiger partial charge in [0.25, 0.3) is 0 Å². The summed E-state index contributed by atoms with van der Waals surface area (Å²) < 4.78 is 1.79. The molecule has 8 nitrogen and oxygen atoms in total. The first-order valence-corrected chi connectivity index (χ1v) is 11.0. The predicted octanol–water partition coefficient (Wildman–Crippen LogP) is 2.96. The Labute approximate surface area is 186 Å². The number of amides is 2. The Balaban J connectivity index is 1.45. The molecule has 0 fully saturated rings. The molecule has 1 aromatic heterocycles. The number of anilines is 2. The minimum Gasteiger partial charge on any atom is -0.375 e. The van der Waals surface area contributed by atoms with Crippen molar-refractivity contribution >= 4 is 35.0 Å². The lowest BCUT2D eigenvalue weighted by Crippen LogP contribution is -2.29. The molecular weight excluding hydrogens is 412 g/mol. The first-order chi connectivity index (χ1) is 15.0.